The van der Waals surface area contributed by atoms with E-state index in [1.165, 1.54) is 32.4 Å². The van der Waals surface area contributed by atoms with Crippen LogP contribution in [0.5, 0.6) is 28.7 Å². The predicted octanol–water partition coefficient (Wildman–Crippen LogP) is 1.04. The topological polar surface area (TPSA) is 157 Å². The zero-order chi connectivity index (χ0) is 22.4. The highest BCUT2D eigenvalue weighted by Crippen LogP contribution is 2.35. The van der Waals surface area contributed by atoms with Gasteiger partial charge in [-0.15, -0.1) is 0 Å². The van der Waals surface area contributed by atoms with Gasteiger partial charge in [-0.05, 0) is 24.3 Å². The summed E-state index contributed by atoms with van der Waals surface area (Å²) in [6, 6.07) is 5.77. The minimum Gasteiger partial charge on any atom is -0.504 e. The Labute approximate surface area is 170 Å². The molecule has 2 aromatic rings. The minimum absolute atomic E-state index is 0.00255. The first-order chi connectivity index (χ1) is 14.2. The first-order valence-electron chi connectivity index (χ1n) is 8.38. The van der Waals surface area contributed by atoms with Crippen LogP contribution in [0.3, 0.4) is 0 Å². The van der Waals surface area contributed by atoms with Crippen molar-refractivity contribution in [3.63, 3.8) is 0 Å². The van der Waals surface area contributed by atoms with Crippen molar-refractivity contribution < 1.29 is 48.7 Å². The van der Waals surface area contributed by atoms with Crippen LogP contribution in [-0.4, -0.2) is 65.9 Å². The molecule has 0 bridgehead atoms. The molecule has 0 atom stereocenters. The van der Waals surface area contributed by atoms with Gasteiger partial charge in [-0.25, -0.2) is 0 Å². The summed E-state index contributed by atoms with van der Waals surface area (Å²) in [6.07, 6.45) is 0. The first kappa shape index (κ1) is 22.4. The number of aromatic hydroxyl groups is 3. The average molecular weight is 418 g/mol. The third-order valence-electron chi connectivity index (χ3n) is 3.92. The van der Waals surface area contributed by atoms with E-state index in [4.69, 9.17) is 14.2 Å². The fourth-order valence-corrected chi connectivity index (χ4v) is 2.36. The molecular formula is C20H18O10. The number of ether oxygens (including phenoxy) is 3. The zero-order valence-electron chi connectivity index (χ0n) is 16.0. The smallest absolute Gasteiger partial charge is 0.231 e. The van der Waals surface area contributed by atoms with Gasteiger partial charge in [0, 0.05) is 17.2 Å². The summed E-state index contributed by atoms with van der Waals surface area (Å²) in [7, 11) is 2.76. The summed E-state index contributed by atoms with van der Waals surface area (Å²) in [5, 5.41) is 28.1. The predicted molar refractivity (Wildman–Crippen MR) is 100 cm³/mol. The number of ketones is 4. The molecule has 0 spiro atoms. The van der Waals surface area contributed by atoms with E-state index >= 15 is 0 Å². The molecule has 10 nitrogen and oxygen atoms in total. The van der Waals surface area contributed by atoms with Crippen molar-refractivity contribution in [3.8, 4) is 28.7 Å². The van der Waals surface area contributed by atoms with Gasteiger partial charge in [0.1, 0.15) is 24.7 Å². The number of phenols is 3. The minimum atomic E-state index is -1.13. The molecular weight excluding hydrogens is 400 g/mol. The van der Waals surface area contributed by atoms with E-state index in [-0.39, 0.29) is 11.1 Å². The highest BCUT2D eigenvalue weighted by molar-refractivity contribution is 6.45. The lowest BCUT2D eigenvalue weighted by atomic mass is 10.1. The summed E-state index contributed by atoms with van der Waals surface area (Å²) < 4.78 is 14.9. The van der Waals surface area contributed by atoms with Crippen molar-refractivity contribution in [1.82, 2.24) is 0 Å². The standard InChI is InChI=1S/C20H18O10/c1-28-12-3-10(4-13(7-12)29-2)18(25)16(23)8-30-9-17(24)19(26)11-5-14(21)20(27)15(22)6-11/h3-7,21-22,27H,8-9H2,1-2H3. The Kier molecular flexibility index (Phi) is 7.10. The lowest BCUT2D eigenvalue weighted by molar-refractivity contribution is -0.124. The number of rotatable bonds is 10. The van der Waals surface area contributed by atoms with E-state index in [0.29, 0.717) is 11.5 Å². The number of methoxy groups -OCH3 is 2. The molecule has 0 fully saturated rings. The van der Waals surface area contributed by atoms with Crippen molar-refractivity contribution in [1.29, 1.82) is 0 Å². The second kappa shape index (κ2) is 9.52. The third-order valence-corrected chi connectivity index (χ3v) is 3.92. The fourth-order valence-electron chi connectivity index (χ4n) is 2.36. The summed E-state index contributed by atoms with van der Waals surface area (Å²) in [4.78, 5) is 48.2. The summed E-state index contributed by atoms with van der Waals surface area (Å²) in [5.74, 6) is -5.92. The van der Waals surface area contributed by atoms with Crippen LogP contribution >= 0.6 is 0 Å². The van der Waals surface area contributed by atoms with Crippen molar-refractivity contribution in [2.75, 3.05) is 27.4 Å². The number of phenolic OH excluding ortho intramolecular Hbond substituents is 3. The molecule has 3 N–H and O–H groups in total. The van der Waals surface area contributed by atoms with Crippen LogP contribution in [0, 0.1) is 0 Å². The molecule has 0 saturated heterocycles. The second-order valence-electron chi connectivity index (χ2n) is 5.96. The molecule has 0 saturated carbocycles. The maximum Gasteiger partial charge on any atom is 0.231 e. The average Bonchev–Trinajstić information content (AvgIpc) is 2.75. The van der Waals surface area contributed by atoms with Gasteiger partial charge in [0.25, 0.3) is 0 Å². The van der Waals surface area contributed by atoms with Crippen molar-refractivity contribution in [2.24, 2.45) is 0 Å². The van der Waals surface area contributed by atoms with Gasteiger partial charge in [-0.2, -0.15) is 0 Å². The molecule has 0 radical (unpaired) electrons. The zero-order valence-corrected chi connectivity index (χ0v) is 16.0. The molecule has 158 valence electrons. The SMILES string of the molecule is COc1cc(OC)cc(C(=O)C(=O)COCC(=O)C(=O)c2cc(O)c(O)c(O)c2)c1. The third kappa shape index (κ3) is 5.11. The van der Waals surface area contributed by atoms with Gasteiger partial charge in [-0.3, -0.25) is 19.2 Å². The van der Waals surface area contributed by atoms with Crippen LogP contribution in [0.1, 0.15) is 20.7 Å². The summed E-state index contributed by atoms with van der Waals surface area (Å²) in [6.45, 7) is -1.58. The van der Waals surface area contributed by atoms with Crippen LogP contribution in [0.25, 0.3) is 0 Å². The Morgan fingerprint density at radius 1 is 0.700 bits per heavy atom. The van der Waals surface area contributed by atoms with Crippen LogP contribution in [0.4, 0.5) is 0 Å². The number of carbonyl (C=O) groups excluding carboxylic acids is 4. The fraction of sp³-hybridized carbons (Fsp3) is 0.200. The van der Waals surface area contributed by atoms with Crippen LogP contribution in [0.2, 0.25) is 0 Å². The van der Waals surface area contributed by atoms with Crippen LogP contribution in [-0.2, 0) is 14.3 Å². The Balaban J connectivity index is 1.97. The second-order valence-corrected chi connectivity index (χ2v) is 5.96. The van der Waals surface area contributed by atoms with Crippen LogP contribution < -0.4 is 9.47 Å². The van der Waals surface area contributed by atoms with E-state index in [1.54, 1.807) is 0 Å². The highest BCUT2D eigenvalue weighted by Gasteiger charge is 2.22. The normalized spacial score (nSPS) is 10.3. The van der Waals surface area contributed by atoms with E-state index in [0.717, 1.165) is 12.1 Å². The van der Waals surface area contributed by atoms with Gasteiger partial charge >= 0.3 is 0 Å². The Bertz CT molecular complexity index is 963. The molecule has 0 aliphatic heterocycles. The molecule has 30 heavy (non-hydrogen) atoms. The maximum atomic E-state index is 12.2. The maximum absolute atomic E-state index is 12.2. The molecule has 10 heteroatoms. The van der Waals surface area contributed by atoms with Gasteiger partial charge in [-0.1, -0.05) is 0 Å². The lowest BCUT2D eigenvalue weighted by Crippen LogP contribution is -2.25. The lowest BCUT2D eigenvalue weighted by Gasteiger charge is -2.08. The molecule has 0 aliphatic carbocycles. The van der Waals surface area contributed by atoms with Gasteiger partial charge in [0.05, 0.1) is 14.2 Å². The number of hydrogen-bond donors (Lipinski definition) is 3. The van der Waals surface area contributed by atoms with E-state index < -0.39 is 53.6 Å². The molecule has 0 aromatic heterocycles. The van der Waals surface area contributed by atoms with E-state index in [9.17, 15) is 34.5 Å². The van der Waals surface area contributed by atoms with Gasteiger partial charge in [0.2, 0.25) is 23.1 Å². The molecule has 2 aromatic carbocycles. The Morgan fingerprint density at radius 2 is 1.10 bits per heavy atom. The molecule has 2 rings (SSSR count). The largest absolute Gasteiger partial charge is 0.504 e. The summed E-state index contributed by atoms with van der Waals surface area (Å²) in [5.41, 5.74) is -0.389. The van der Waals surface area contributed by atoms with Gasteiger partial charge in [0.15, 0.2) is 17.2 Å². The summed E-state index contributed by atoms with van der Waals surface area (Å²) >= 11 is 0. The first-order valence-corrected chi connectivity index (χ1v) is 8.38. The van der Waals surface area contributed by atoms with E-state index in [2.05, 4.69) is 0 Å². The van der Waals surface area contributed by atoms with Crippen molar-refractivity contribution in [3.05, 3.63) is 41.5 Å². The number of benzene rings is 2. The highest BCUT2D eigenvalue weighted by atomic mass is 16.5. The Hall–Kier alpha value is -3.92. The molecule has 0 aliphatic rings. The quantitative estimate of drug-likeness (QED) is 0.289. The number of carbonyl (C=O) groups is 4. The van der Waals surface area contributed by atoms with Crippen molar-refractivity contribution in [2.45, 2.75) is 0 Å². The molecule has 0 amide bonds. The number of hydrogen-bond acceptors (Lipinski definition) is 10. The number of Topliss-reactive ketones (excluding diaryl/α,β-unsaturated/α-hetero) is 4. The van der Waals surface area contributed by atoms with Crippen molar-refractivity contribution >= 4 is 23.1 Å². The van der Waals surface area contributed by atoms with Gasteiger partial charge < -0.3 is 29.5 Å². The monoisotopic (exact) mass is 418 g/mol. The van der Waals surface area contributed by atoms with Crippen LogP contribution in [0.15, 0.2) is 30.3 Å². The van der Waals surface area contributed by atoms with E-state index in [1.807, 2.05) is 0 Å². The molecule has 0 heterocycles. The Morgan fingerprint density at radius 3 is 1.50 bits per heavy atom. The molecule has 0 unspecified atom stereocenters.